The highest BCUT2D eigenvalue weighted by Gasteiger charge is 2.12. The van der Waals surface area contributed by atoms with Gasteiger partial charge in [0.15, 0.2) is 0 Å². The Morgan fingerprint density at radius 2 is 1.59 bits per heavy atom. The molecule has 5 heteroatoms. The molecule has 162 valence electrons. The van der Waals surface area contributed by atoms with E-state index in [2.05, 4.69) is 4.98 Å². The molecule has 0 aliphatic carbocycles. The highest BCUT2D eigenvalue weighted by atomic mass is 16.5. The zero-order chi connectivity index (χ0) is 22.3. The van der Waals surface area contributed by atoms with Crippen LogP contribution in [0.3, 0.4) is 0 Å². The molecule has 0 saturated heterocycles. The van der Waals surface area contributed by atoms with Crippen LogP contribution in [0.4, 0.5) is 5.69 Å². The van der Waals surface area contributed by atoms with E-state index in [0.29, 0.717) is 12.4 Å². The van der Waals surface area contributed by atoms with Crippen molar-refractivity contribution in [1.29, 1.82) is 0 Å². The monoisotopic (exact) mass is 425 g/mol. The Morgan fingerprint density at radius 1 is 0.812 bits per heavy atom. The number of benzene rings is 3. The van der Waals surface area contributed by atoms with E-state index in [0.717, 1.165) is 34.0 Å². The van der Waals surface area contributed by atoms with E-state index in [-0.39, 0.29) is 6.04 Å². The first-order chi connectivity index (χ1) is 15.6. The maximum atomic E-state index is 6.48. The minimum Gasteiger partial charge on any atom is -0.489 e. The minimum absolute atomic E-state index is 0.360. The Balaban J connectivity index is 1.42. The first kappa shape index (κ1) is 21.4. The molecule has 0 fully saturated rings. The largest absolute Gasteiger partial charge is 0.489 e. The van der Waals surface area contributed by atoms with Crippen LogP contribution in [0.25, 0.3) is 0 Å². The van der Waals surface area contributed by atoms with Gasteiger partial charge < -0.3 is 20.1 Å². The maximum Gasteiger partial charge on any atom is 0.145 e. The molecule has 2 N–H and O–H groups in total. The Morgan fingerprint density at radius 3 is 2.34 bits per heavy atom. The molecule has 5 nitrogen and oxygen atoms in total. The number of hydrogen-bond donors (Lipinski definition) is 1. The van der Waals surface area contributed by atoms with E-state index in [1.165, 1.54) is 0 Å². The van der Waals surface area contributed by atoms with Crippen molar-refractivity contribution in [2.45, 2.75) is 12.6 Å². The Kier molecular flexibility index (Phi) is 6.68. The molecule has 0 aliphatic heterocycles. The Labute approximate surface area is 189 Å². The van der Waals surface area contributed by atoms with E-state index in [9.17, 15) is 0 Å². The molecule has 0 bridgehead atoms. The fraction of sp³-hybridized carbons (Fsp3) is 0.148. The van der Waals surface area contributed by atoms with Crippen LogP contribution in [0, 0.1) is 0 Å². The third-order valence-corrected chi connectivity index (χ3v) is 5.11. The van der Waals surface area contributed by atoms with Gasteiger partial charge in [0, 0.05) is 25.8 Å². The maximum absolute atomic E-state index is 6.48. The zero-order valence-corrected chi connectivity index (χ0v) is 18.3. The first-order valence-corrected chi connectivity index (χ1v) is 10.5. The molecule has 1 heterocycles. The van der Waals surface area contributed by atoms with Gasteiger partial charge in [0.2, 0.25) is 0 Å². The lowest BCUT2D eigenvalue weighted by Crippen LogP contribution is -2.13. The van der Waals surface area contributed by atoms with Gasteiger partial charge in [-0.1, -0.05) is 48.5 Å². The fourth-order valence-corrected chi connectivity index (χ4v) is 3.31. The van der Waals surface area contributed by atoms with Crippen molar-refractivity contribution in [3.8, 4) is 17.2 Å². The molecule has 1 atom stereocenters. The van der Waals surface area contributed by atoms with E-state index >= 15 is 0 Å². The number of anilines is 1. The van der Waals surface area contributed by atoms with Gasteiger partial charge in [-0.3, -0.25) is 4.98 Å². The van der Waals surface area contributed by atoms with Gasteiger partial charge in [0.1, 0.15) is 23.9 Å². The second-order valence-electron chi connectivity index (χ2n) is 7.74. The van der Waals surface area contributed by atoms with E-state index < -0.39 is 0 Å². The summed E-state index contributed by atoms with van der Waals surface area (Å²) in [6.45, 7) is 0.513. The number of aromatic nitrogens is 1. The normalized spacial score (nSPS) is 11.6. The summed E-state index contributed by atoms with van der Waals surface area (Å²) in [7, 11) is 4.00. The summed E-state index contributed by atoms with van der Waals surface area (Å²) in [5.74, 6) is 2.21. The molecule has 1 unspecified atom stereocenters. The molecule has 0 amide bonds. The van der Waals surface area contributed by atoms with Crippen LogP contribution in [-0.4, -0.2) is 19.1 Å². The van der Waals surface area contributed by atoms with Gasteiger partial charge in [-0.15, -0.1) is 0 Å². The minimum atomic E-state index is -0.360. The highest BCUT2D eigenvalue weighted by Crippen LogP contribution is 2.27. The van der Waals surface area contributed by atoms with Crippen LogP contribution in [0.2, 0.25) is 0 Å². The first-order valence-electron chi connectivity index (χ1n) is 10.5. The predicted molar refractivity (Wildman–Crippen MR) is 128 cm³/mol. The predicted octanol–water partition coefficient (Wildman–Crippen LogP) is 5.57. The molecule has 4 aromatic rings. The third kappa shape index (κ3) is 5.45. The molecule has 1 aromatic heterocycles. The average Bonchev–Trinajstić information content (AvgIpc) is 2.84. The highest BCUT2D eigenvalue weighted by molar-refractivity contribution is 5.50. The molecule has 0 saturated carbocycles. The van der Waals surface area contributed by atoms with Gasteiger partial charge in [0.25, 0.3) is 0 Å². The van der Waals surface area contributed by atoms with Gasteiger partial charge in [-0.25, -0.2) is 0 Å². The molecule has 0 radical (unpaired) electrons. The lowest BCUT2D eigenvalue weighted by Gasteiger charge is -2.15. The molecule has 3 aromatic carbocycles. The van der Waals surface area contributed by atoms with Gasteiger partial charge >= 0.3 is 0 Å². The van der Waals surface area contributed by atoms with E-state index in [1.807, 2.05) is 110 Å². The summed E-state index contributed by atoms with van der Waals surface area (Å²) in [4.78, 5) is 6.56. The van der Waals surface area contributed by atoms with Crippen LogP contribution >= 0.6 is 0 Å². The van der Waals surface area contributed by atoms with Crippen molar-refractivity contribution >= 4 is 5.69 Å². The summed E-state index contributed by atoms with van der Waals surface area (Å²) >= 11 is 0. The van der Waals surface area contributed by atoms with E-state index in [4.69, 9.17) is 15.2 Å². The topological polar surface area (TPSA) is 60.6 Å². The molecule has 0 spiro atoms. The summed E-state index contributed by atoms with van der Waals surface area (Å²) in [6.07, 6.45) is 1.70. The summed E-state index contributed by atoms with van der Waals surface area (Å²) < 4.78 is 11.9. The van der Waals surface area contributed by atoms with E-state index in [1.54, 1.807) is 6.20 Å². The second kappa shape index (κ2) is 9.98. The molecule has 0 aliphatic rings. The van der Waals surface area contributed by atoms with Gasteiger partial charge in [-0.05, 0) is 47.5 Å². The average molecular weight is 426 g/mol. The van der Waals surface area contributed by atoms with Crippen molar-refractivity contribution < 1.29 is 9.47 Å². The van der Waals surface area contributed by atoms with Crippen LogP contribution < -0.4 is 20.1 Å². The van der Waals surface area contributed by atoms with Crippen LogP contribution in [-0.2, 0) is 6.61 Å². The number of ether oxygens (including phenoxy) is 2. The molecule has 32 heavy (non-hydrogen) atoms. The van der Waals surface area contributed by atoms with Gasteiger partial charge in [-0.2, -0.15) is 0 Å². The third-order valence-electron chi connectivity index (χ3n) is 5.11. The van der Waals surface area contributed by atoms with Crippen molar-refractivity contribution in [3.63, 3.8) is 0 Å². The quantitative estimate of drug-likeness (QED) is 0.400. The zero-order valence-electron chi connectivity index (χ0n) is 18.3. The number of nitrogens with two attached hydrogens (primary N) is 1. The van der Waals surface area contributed by atoms with Crippen molar-refractivity contribution in [2.75, 3.05) is 19.0 Å². The standard InChI is InChI=1S/C27H27N3O2/c1-30(2)22-11-7-13-24(17-22)32-25-14-15-26(29-18-25)27(28)21-10-6-12-23(16-21)31-19-20-8-4-3-5-9-20/h3-18,27H,19,28H2,1-2H3. The van der Waals surface area contributed by atoms with Crippen LogP contribution in [0.15, 0.2) is 97.2 Å². The lowest BCUT2D eigenvalue weighted by atomic mass is 10.0. The lowest BCUT2D eigenvalue weighted by molar-refractivity contribution is 0.306. The van der Waals surface area contributed by atoms with Crippen LogP contribution in [0.5, 0.6) is 17.2 Å². The molecule has 4 rings (SSSR count). The number of rotatable bonds is 8. The summed E-state index contributed by atoms with van der Waals surface area (Å²) in [6, 6.07) is 29.3. The number of nitrogens with zero attached hydrogens (tertiary/aromatic N) is 2. The molecular weight excluding hydrogens is 398 g/mol. The Bertz CT molecular complexity index is 1140. The van der Waals surface area contributed by atoms with Crippen molar-refractivity contribution in [3.05, 3.63) is 114 Å². The summed E-state index contributed by atoms with van der Waals surface area (Å²) in [5, 5.41) is 0. The Hall–Kier alpha value is -3.83. The smallest absolute Gasteiger partial charge is 0.145 e. The van der Waals surface area contributed by atoms with Crippen molar-refractivity contribution in [1.82, 2.24) is 4.98 Å². The summed E-state index contributed by atoms with van der Waals surface area (Å²) in [5.41, 5.74) is 10.4. The number of pyridine rings is 1. The fourth-order valence-electron chi connectivity index (χ4n) is 3.31. The second-order valence-corrected chi connectivity index (χ2v) is 7.74. The van der Waals surface area contributed by atoms with Crippen molar-refractivity contribution in [2.24, 2.45) is 5.73 Å². The van der Waals surface area contributed by atoms with Crippen LogP contribution in [0.1, 0.15) is 22.9 Å². The SMILES string of the molecule is CN(C)c1cccc(Oc2ccc(C(N)c3cccc(OCc4ccccc4)c3)nc2)c1. The molecular formula is C27H27N3O2. The number of hydrogen-bond acceptors (Lipinski definition) is 5. The van der Waals surface area contributed by atoms with Gasteiger partial charge in [0.05, 0.1) is 17.9 Å².